The third-order valence-corrected chi connectivity index (χ3v) is 6.36. The number of hydrogen-bond acceptors (Lipinski definition) is 3. The molecule has 1 atom stereocenters. The standard InChI is InChI=1S/C22H25ClN2O2S/c23-19-8-10-20(11-9-19)28-15-17-3-6-18(7-4-17)22(27)25-13-1-2-16(14-25)5-12-21(24)26/h3-4,6-11,16H,1-2,5,12-15H2,(H2,24,26). The third-order valence-electron chi connectivity index (χ3n) is 5.03. The maximum atomic E-state index is 12.8. The first kappa shape index (κ1) is 20.7. The molecule has 0 spiro atoms. The summed E-state index contributed by atoms with van der Waals surface area (Å²) < 4.78 is 0. The topological polar surface area (TPSA) is 63.4 Å². The Balaban J connectivity index is 1.54. The fraction of sp³-hybridized carbons (Fsp3) is 0.364. The number of benzene rings is 2. The van der Waals surface area contributed by atoms with E-state index in [1.54, 1.807) is 11.8 Å². The summed E-state index contributed by atoms with van der Waals surface area (Å²) in [5.74, 6) is 1.01. The van der Waals surface area contributed by atoms with Crippen molar-refractivity contribution >= 4 is 35.2 Å². The van der Waals surface area contributed by atoms with Crippen molar-refractivity contribution in [3.05, 3.63) is 64.7 Å². The van der Waals surface area contributed by atoms with Gasteiger partial charge in [0.1, 0.15) is 0 Å². The number of primary amides is 1. The van der Waals surface area contributed by atoms with E-state index in [1.165, 1.54) is 10.5 Å². The molecular weight excluding hydrogens is 392 g/mol. The highest BCUT2D eigenvalue weighted by atomic mass is 35.5. The van der Waals surface area contributed by atoms with Gasteiger partial charge in [0, 0.05) is 40.7 Å². The SMILES string of the molecule is NC(=O)CCC1CCCN(C(=O)c2ccc(CSc3ccc(Cl)cc3)cc2)C1. The zero-order valence-corrected chi connectivity index (χ0v) is 17.3. The molecule has 2 aromatic carbocycles. The van der Waals surface area contributed by atoms with Crippen molar-refractivity contribution in [3.8, 4) is 0 Å². The molecule has 1 heterocycles. The minimum atomic E-state index is -0.268. The lowest BCUT2D eigenvalue weighted by Gasteiger charge is -2.32. The van der Waals surface area contributed by atoms with E-state index in [-0.39, 0.29) is 11.8 Å². The summed E-state index contributed by atoms with van der Waals surface area (Å²) in [4.78, 5) is 26.9. The predicted octanol–water partition coefficient (Wildman–Crippen LogP) is 4.75. The Hall–Kier alpha value is -1.98. The molecule has 2 amide bonds. The predicted molar refractivity (Wildman–Crippen MR) is 115 cm³/mol. The second kappa shape index (κ2) is 9.99. The molecule has 1 aliphatic heterocycles. The molecule has 1 saturated heterocycles. The molecule has 1 unspecified atom stereocenters. The van der Waals surface area contributed by atoms with Gasteiger partial charge in [0.25, 0.3) is 5.91 Å². The molecule has 3 rings (SSSR count). The highest BCUT2D eigenvalue weighted by Gasteiger charge is 2.24. The quantitative estimate of drug-likeness (QED) is 0.662. The molecule has 6 heteroatoms. The first-order valence-corrected chi connectivity index (χ1v) is 10.9. The number of thioether (sulfide) groups is 1. The maximum Gasteiger partial charge on any atom is 0.253 e. The Morgan fingerprint density at radius 1 is 1.11 bits per heavy atom. The van der Waals surface area contributed by atoms with Crippen LogP contribution >= 0.6 is 23.4 Å². The maximum absolute atomic E-state index is 12.8. The van der Waals surface area contributed by atoms with Crippen LogP contribution in [0.15, 0.2) is 53.4 Å². The zero-order chi connectivity index (χ0) is 19.9. The minimum Gasteiger partial charge on any atom is -0.370 e. The van der Waals surface area contributed by atoms with Crippen molar-refractivity contribution in [2.75, 3.05) is 13.1 Å². The molecule has 2 N–H and O–H groups in total. The van der Waals surface area contributed by atoms with Gasteiger partial charge >= 0.3 is 0 Å². The van der Waals surface area contributed by atoms with Crippen molar-refractivity contribution in [2.24, 2.45) is 11.7 Å². The molecule has 0 radical (unpaired) electrons. The number of nitrogens with zero attached hydrogens (tertiary/aromatic N) is 1. The monoisotopic (exact) mass is 416 g/mol. The normalized spacial score (nSPS) is 16.8. The lowest BCUT2D eigenvalue weighted by molar-refractivity contribution is -0.118. The second-order valence-corrected chi connectivity index (χ2v) is 8.69. The van der Waals surface area contributed by atoms with E-state index in [0.29, 0.717) is 18.9 Å². The largest absolute Gasteiger partial charge is 0.370 e. The van der Waals surface area contributed by atoms with E-state index in [2.05, 4.69) is 0 Å². The summed E-state index contributed by atoms with van der Waals surface area (Å²) in [5.41, 5.74) is 7.14. The molecule has 148 valence electrons. The van der Waals surface area contributed by atoms with Crippen LogP contribution in [0.1, 0.15) is 41.6 Å². The van der Waals surface area contributed by atoms with E-state index in [9.17, 15) is 9.59 Å². The number of nitrogens with two attached hydrogens (primary N) is 1. The summed E-state index contributed by atoms with van der Waals surface area (Å²) in [6.45, 7) is 1.49. The molecule has 0 aromatic heterocycles. The highest BCUT2D eigenvalue weighted by molar-refractivity contribution is 7.98. The van der Waals surface area contributed by atoms with Gasteiger partial charge in [0.2, 0.25) is 5.91 Å². The fourth-order valence-electron chi connectivity index (χ4n) is 3.46. The van der Waals surface area contributed by atoms with E-state index in [0.717, 1.165) is 42.1 Å². The van der Waals surface area contributed by atoms with Crippen molar-refractivity contribution in [3.63, 3.8) is 0 Å². The molecule has 1 aliphatic rings. The van der Waals surface area contributed by atoms with Gasteiger partial charge in [-0.3, -0.25) is 9.59 Å². The van der Waals surface area contributed by atoms with E-state index in [1.807, 2.05) is 53.4 Å². The average Bonchev–Trinajstić information content (AvgIpc) is 2.72. The number of carbonyl (C=O) groups is 2. The minimum absolute atomic E-state index is 0.0701. The van der Waals surface area contributed by atoms with Gasteiger partial charge < -0.3 is 10.6 Å². The van der Waals surface area contributed by atoms with E-state index in [4.69, 9.17) is 17.3 Å². The number of carbonyl (C=O) groups excluding carboxylic acids is 2. The number of hydrogen-bond donors (Lipinski definition) is 1. The molecule has 2 aromatic rings. The van der Waals surface area contributed by atoms with Gasteiger partial charge in [0.05, 0.1) is 0 Å². The van der Waals surface area contributed by atoms with Crippen molar-refractivity contribution in [1.82, 2.24) is 4.90 Å². The molecule has 1 fully saturated rings. The number of amides is 2. The van der Waals surface area contributed by atoms with Crippen LogP contribution in [0.5, 0.6) is 0 Å². The second-order valence-electron chi connectivity index (χ2n) is 7.20. The molecular formula is C22H25ClN2O2S. The fourth-order valence-corrected chi connectivity index (χ4v) is 4.44. The molecule has 28 heavy (non-hydrogen) atoms. The van der Waals surface area contributed by atoms with Crippen molar-refractivity contribution < 1.29 is 9.59 Å². The average molecular weight is 417 g/mol. The van der Waals surface area contributed by atoms with Crippen LogP contribution in [0, 0.1) is 5.92 Å². The van der Waals surface area contributed by atoms with Crippen LogP contribution < -0.4 is 5.73 Å². The van der Waals surface area contributed by atoms with E-state index < -0.39 is 0 Å². The molecule has 0 aliphatic carbocycles. The first-order chi connectivity index (χ1) is 13.5. The van der Waals surface area contributed by atoms with Crippen molar-refractivity contribution in [2.45, 2.75) is 36.3 Å². The third kappa shape index (κ3) is 6.01. The summed E-state index contributed by atoms with van der Waals surface area (Å²) in [5, 5.41) is 0.738. The van der Waals surface area contributed by atoms with Crippen molar-refractivity contribution in [1.29, 1.82) is 0 Å². The van der Waals surface area contributed by atoms with Gasteiger partial charge in [-0.1, -0.05) is 23.7 Å². The van der Waals surface area contributed by atoms with Gasteiger partial charge in [0.15, 0.2) is 0 Å². The Bertz CT molecular complexity index is 808. The highest BCUT2D eigenvalue weighted by Crippen LogP contribution is 2.25. The molecule has 0 bridgehead atoms. The summed E-state index contributed by atoms with van der Waals surface area (Å²) in [7, 11) is 0. The number of piperidine rings is 1. The zero-order valence-electron chi connectivity index (χ0n) is 15.8. The number of halogens is 1. The number of rotatable bonds is 7. The van der Waals surface area contributed by atoms with Crippen LogP contribution in [0.3, 0.4) is 0 Å². The van der Waals surface area contributed by atoms with Gasteiger partial charge in [-0.15, -0.1) is 11.8 Å². The van der Waals surface area contributed by atoms with Crippen LogP contribution in [0.25, 0.3) is 0 Å². The Labute approximate surface area is 175 Å². The van der Waals surface area contributed by atoms with Crippen LogP contribution in [-0.4, -0.2) is 29.8 Å². The van der Waals surface area contributed by atoms with Gasteiger partial charge in [-0.2, -0.15) is 0 Å². The van der Waals surface area contributed by atoms with Crippen LogP contribution in [-0.2, 0) is 10.5 Å². The lowest BCUT2D eigenvalue weighted by atomic mass is 9.93. The smallest absolute Gasteiger partial charge is 0.253 e. The van der Waals surface area contributed by atoms with E-state index >= 15 is 0 Å². The summed E-state index contributed by atoms with van der Waals surface area (Å²) >= 11 is 7.66. The lowest BCUT2D eigenvalue weighted by Crippen LogP contribution is -2.40. The first-order valence-electron chi connectivity index (χ1n) is 9.56. The Kier molecular flexibility index (Phi) is 7.40. The number of likely N-dealkylation sites (tertiary alicyclic amines) is 1. The molecule has 0 saturated carbocycles. The summed E-state index contributed by atoms with van der Waals surface area (Å²) in [6, 6.07) is 15.7. The van der Waals surface area contributed by atoms with Gasteiger partial charge in [-0.25, -0.2) is 0 Å². The Morgan fingerprint density at radius 3 is 2.50 bits per heavy atom. The van der Waals surface area contributed by atoms with Crippen LogP contribution in [0.4, 0.5) is 0 Å². The van der Waals surface area contributed by atoms with Gasteiger partial charge in [-0.05, 0) is 67.1 Å². The molecule has 4 nitrogen and oxygen atoms in total. The van der Waals surface area contributed by atoms with Crippen LogP contribution in [0.2, 0.25) is 5.02 Å². The summed E-state index contributed by atoms with van der Waals surface area (Å²) in [6.07, 6.45) is 3.19. The Morgan fingerprint density at radius 2 is 1.82 bits per heavy atom.